The molecule has 0 radical (unpaired) electrons. The van der Waals surface area contributed by atoms with Crippen molar-refractivity contribution in [2.45, 2.75) is 20.0 Å². The minimum Gasteiger partial charge on any atom is -0.479 e. The number of ether oxygens (including phenoxy) is 2. The molecule has 0 aliphatic heterocycles. The summed E-state index contributed by atoms with van der Waals surface area (Å²) in [5, 5.41) is 3.22. The molecule has 0 spiro atoms. The van der Waals surface area contributed by atoms with Crippen LogP contribution in [0.25, 0.3) is 0 Å². The number of aryl methyl sites for hydroxylation is 1. The number of amides is 1. The highest BCUT2D eigenvalue weighted by atomic mass is 35.5. The molecule has 126 valence electrons. The molecule has 1 N–H and O–H groups in total. The third-order valence-electron chi connectivity index (χ3n) is 3.14. The Morgan fingerprint density at radius 2 is 1.71 bits per heavy atom. The number of nitrogens with one attached hydrogen (secondary N) is 1. The van der Waals surface area contributed by atoms with Gasteiger partial charge in [0, 0.05) is 10.7 Å². The number of anilines is 1. The lowest BCUT2D eigenvalue weighted by Gasteiger charge is -2.14. The van der Waals surface area contributed by atoms with E-state index in [4.69, 9.17) is 21.1 Å². The van der Waals surface area contributed by atoms with Gasteiger partial charge in [-0.05, 0) is 50.2 Å². The van der Waals surface area contributed by atoms with Crippen LogP contribution in [0.5, 0.6) is 5.75 Å². The summed E-state index contributed by atoms with van der Waals surface area (Å²) in [6.07, 6.45) is -0.835. The molecule has 0 aliphatic rings. The average molecular weight is 348 g/mol. The van der Waals surface area contributed by atoms with Crippen LogP contribution < -0.4 is 10.1 Å². The largest absolute Gasteiger partial charge is 0.479 e. The first-order chi connectivity index (χ1) is 11.4. The molecule has 2 aromatic rings. The predicted octanol–water partition coefficient (Wildman–Crippen LogP) is 3.60. The van der Waals surface area contributed by atoms with Crippen molar-refractivity contribution in [2.24, 2.45) is 0 Å². The summed E-state index contributed by atoms with van der Waals surface area (Å²) in [7, 11) is 0. The number of esters is 1. The van der Waals surface area contributed by atoms with Gasteiger partial charge in [0.1, 0.15) is 5.75 Å². The third kappa shape index (κ3) is 5.59. The van der Waals surface area contributed by atoms with Gasteiger partial charge < -0.3 is 14.8 Å². The Kier molecular flexibility index (Phi) is 6.21. The highest BCUT2D eigenvalue weighted by Crippen LogP contribution is 2.17. The van der Waals surface area contributed by atoms with Crippen molar-refractivity contribution in [3.8, 4) is 5.75 Å². The Morgan fingerprint density at radius 3 is 2.33 bits per heavy atom. The molecule has 5 nitrogen and oxygen atoms in total. The zero-order valence-corrected chi connectivity index (χ0v) is 14.2. The van der Waals surface area contributed by atoms with E-state index < -0.39 is 18.0 Å². The van der Waals surface area contributed by atoms with Gasteiger partial charge in [-0.15, -0.1) is 0 Å². The van der Waals surface area contributed by atoms with Gasteiger partial charge in [-0.25, -0.2) is 4.79 Å². The molecule has 0 bridgehead atoms. The number of hydrogen-bond acceptors (Lipinski definition) is 4. The van der Waals surface area contributed by atoms with Crippen molar-refractivity contribution in [2.75, 3.05) is 11.9 Å². The Bertz CT molecular complexity index is 698. The standard InChI is InChI=1S/C18H18ClNO4/c1-12-3-7-15(8-4-12)20-17(21)11-23-18(22)13(2)24-16-9-5-14(19)6-10-16/h3-10,13H,11H2,1-2H3,(H,20,21)/t13-/m1/s1. The molecule has 0 aromatic heterocycles. The van der Waals surface area contributed by atoms with Crippen LogP contribution in [-0.2, 0) is 14.3 Å². The second-order valence-electron chi connectivity index (χ2n) is 5.24. The fourth-order valence-corrected chi connectivity index (χ4v) is 1.98. The second kappa shape index (κ2) is 8.36. The summed E-state index contributed by atoms with van der Waals surface area (Å²) in [4.78, 5) is 23.6. The zero-order valence-electron chi connectivity index (χ0n) is 13.4. The molecule has 0 heterocycles. The van der Waals surface area contributed by atoms with Crippen LogP contribution in [0.15, 0.2) is 48.5 Å². The van der Waals surface area contributed by atoms with Gasteiger partial charge in [0.25, 0.3) is 5.91 Å². The van der Waals surface area contributed by atoms with Crippen LogP contribution in [0.2, 0.25) is 5.02 Å². The zero-order chi connectivity index (χ0) is 17.5. The average Bonchev–Trinajstić information content (AvgIpc) is 2.57. The predicted molar refractivity (Wildman–Crippen MR) is 92.3 cm³/mol. The number of rotatable bonds is 6. The van der Waals surface area contributed by atoms with Gasteiger partial charge in [0.15, 0.2) is 12.7 Å². The van der Waals surface area contributed by atoms with Crippen molar-refractivity contribution in [3.63, 3.8) is 0 Å². The topological polar surface area (TPSA) is 64.6 Å². The van der Waals surface area contributed by atoms with Gasteiger partial charge >= 0.3 is 5.97 Å². The molecular formula is C18H18ClNO4. The smallest absolute Gasteiger partial charge is 0.347 e. The first-order valence-electron chi connectivity index (χ1n) is 7.39. The highest BCUT2D eigenvalue weighted by molar-refractivity contribution is 6.30. The first-order valence-corrected chi connectivity index (χ1v) is 7.77. The summed E-state index contributed by atoms with van der Waals surface area (Å²) in [5.74, 6) is -0.539. The molecular weight excluding hydrogens is 330 g/mol. The van der Waals surface area contributed by atoms with E-state index in [1.54, 1.807) is 43.3 Å². The Labute approximate surface area is 145 Å². The fraction of sp³-hybridized carbons (Fsp3) is 0.222. The molecule has 24 heavy (non-hydrogen) atoms. The molecule has 0 aliphatic carbocycles. The lowest BCUT2D eigenvalue weighted by Crippen LogP contribution is -2.29. The Morgan fingerprint density at radius 1 is 1.08 bits per heavy atom. The molecule has 0 saturated heterocycles. The molecule has 2 rings (SSSR count). The lowest BCUT2D eigenvalue weighted by atomic mass is 10.2. The molecule has 6 heteroatoms. The SMILES string of the molecule is Cc1ccc(NC(=O)COC(=O)[C@@H](C)Oc2ccc(Cl)cc2)cc1. The van der Waals surface area contributed by atoms with E-state index >= 15 is 0 Å². The van der Waals surface area contributed by atoms with E-state index in [2.05, 4.69) is 5.32 Å². The third-order valence-corrected chi connectivity index (χ3v) is 3.39. The van der Waals surface area contributed by atoms with E-state index in [1.807, 2.05) is 19.1 Å². The number of carbonyl (C=O) groups is 2. The minimum atomic E-state index is -0.835. The monoisotopic (exact) mass is 347 g/mol. The van der Waals surface area contributed by atoms with E-state index in [1.165, 1.54) is 0 Å². The maximum Gasteiger partial charge on any atom is 0.347 e. The summed E-state index contributed by atoms with van der Waals surface area (Å²) in [5.41, 5.74) is 1.74. The Balaban J connectivity index is 1.77. The quantitative estimate of drug-likeness (QED) is 0.811. The van der Waals surface area contributed by atoms with Crippen molar-refractivity contribution in [3.05, 3.63) is 59.1 Å². The van der Waals surface area contributed by atoms with Crippen LogP contribution in [0.4, 0.5) is 5.69 Å². The van der Waals surface area contributed by atoms with Crippen LogP contribution in [0.1, 0.15) is 12.5 Å². The number of halogens is 1. The molecule has 1 atom stereocenters. The lowest BCUT2D eigenvalue weighted by molar-refractivity contribution is -0.153. The summed E-state index contributed by atoms with van der Waals surface area (Å²) < 4.78 is 10.4. The van der Waals surface area contributed by atoms with E-state index in [-0.39, 0.29) is 6.61 Å². The van der Waals surface area contributed by atoms with Gasteiger partial charge in [-0.1, -0.05) is 29.3 Å². The number of hydrogen-bond donors (Lipinski definition) is 1. The molecule has 0 saturated carbocycles. The highest BCUT2D eigenvalue weighted by Gasteiger charge is 2.17. The van der Waals surface area contributed by atoms with E-state index in [0.29, 0.717) is 16.5 Å². The van der Waals surface area contributed by atoms with Gasteiger partial charge in [-0.2, -0.15) is 0 Å². The summed E-state index contributed by atoms with van der Waals surface area (Å²) in [6.45, 7) is 3.13. The van der Waals surface area contributed by atoms with Gasteiger partial charge in [0.05, 0.1) is 0 Å². The van der Waals surface area contributed by atoms with Crippen LogP contribution in [0, 0.1) is 6.92 Å². The summed E-state index contributed by atoms with van der Waals surface area (Å²) in [6, 6.07) is 13.9. The number of carbonyl (C=O) groups excluding carboxylic acids is 2. The Hall–Kier alpha value is -2.53. The molecule has 1 amide bonds. The normalized spacial score (nSPS) is 11.5. The molecule has 2 aromatic carbocycles. The van der Waals surface area contributed by atoms with Crippen molar-refractivity contribution < 1.29 is 19.1 Å². The molecule has 0 unspecified atom stereocenters. The number of benzene rings is 2. The van der Waals surface area contributed by atoms with E-state index in [0.717, 1.165) is 5.56 Å². The van der Waals surface area contributed by atoms with Crippen molar-refractivity contribution in [1.29, 1.82) is 0 Å². The second-order valence-corrected chi connectivity index (χ2v) is 5.67. The van der Waals surface area contributed by atoms with Gasteiger partial charge in [0.2, 0.25) is 0 Å². The van der Waals surface area contributed by atoms with Crippen LogP contribution in [0.3, 0.4) is 0 Å². The maximum atomic E-state index is 11.9. The van der Waals surface area contributed by atoms with Crippen molar-refractivity contribution in [1.82, 2.24) is 0 Å². The summed E-state index contributed by atoms with van der Waals surface area (Å²) >= 11 is 5.78. The van der Waals surface area contributed by atoms with E-state index in [9.17, 15) is 9.59 Å². The van der Waals surface area contributed by atoms with Crippen molar-refractivity contribution >= 4 is 29.2 Å². The molecule has 0 fully saturated rings. The maximum absolute atomic E-state index is 11.9. The minimum absolute atomic E-state index is 0.374. The van der Waals surface area contributed by atoms with Crippen LogP contribution >= 0.6 is 11.6 Å². The van der Waals surface area contributed by atoms with Crippen LogP contribution in [-0.4, -0.2) is 24.6 Å². The fourth-order valence-electron chi connectivity index (χ4n) is 1.85. The first kappa shape index (κ1) is 17.8. The van der Waals surface area contributed by atoms with Gasteiger partial charge in [-0.3, -0.25) is 4.79 Å².